The Morgan fingerprint density at radius 2 is 1.83 bits per heavy atom. The number of benzene rings is 2. The first kappa shape index (κ1) is 16.2. The molecule has 1 N–H and O–H groups in total. The van der Waals surface area contributed by atoms with Crippen molar-refractivity contribution < 1.29 is 19.1 Å². The van der Waals surface area contributed by atoms with E-state index < -0.39 is 5.97 Å². The normalized spacial score (nSPS) is 10.3. The van der Waals surface area contributed by atoms with E-state index in [0.29, 0.717) is 22.6 Å². The van der Waals surface area contributed by atoms with Crippen molar-refractivity contribution in [3.8, 4) is 11.5 Å². The summed E-state index contributed by atoms with van der Waals surface area (Å²) >= 11 is 0. The summed E-state index contributed by atoms with van der Waals surface area (Å²) in [6.07, 6.45) is 1.47. The Morgan fingerprint density at radius 3 is 2.48 bits per heavy atom. The zero-order valence-corrected chi connectivity index (χ0v) is 12.8. The number of methoxy groups -OCH3 is 1. The van der Waals surface area contributed by atoms with Gasteiger partial charge in [-0.1, -0.05) is 18.2 Å². The predicted octanol–water partition coefficient (Wildman–Crippen LogP) is 2.38. The van der Waals surface area contributed by atoms with Crippen LogP contribution < -0.4 is 14.9 Å². The standard InChI is InChI=1S/C17H16N2O4/c1-12(20)23-15-9-8-13(10-16(15)22-2)11-18-19-17(21)14-6-4-3-5-7-14/h3-11H,1-2H3,(H,19,21)/b18-11+. The number of esters is 1. The van der Waals surface area contributed by atoms with Gasteiger partial charge in [0, 0.05) is 12.5 Å². The lowest BCUT2D eigenvalue weighted by Gasteiger charge is -2.08. The molecule has 118 valence electrons. The number of rotatable bonds is 5. The van der Waals surface area contributed by atoms with E-state index >= 15 is 0 Å². The fourth-order valence-corrected chi connectivity index (χ4v) is 1.82. The van der Waals surface area contributed by atoms with Crippen LogP contribution in [0.4, 0.5) is 0 Å². The third kappa shape index (κ3) is 4.67. The maximum absolute atomic E-state index is 11.8. The molecule has 0 aliphatic carbocycles. The molecular formula is C17H16N2O4. The number of carbonyl (C=O) groups is 2. The molecule has 0 atom stereocenters. The summed E-state index contributed by atoms with van der Waals surface area (Å²) in [6.45, 7) is 1.31. The van der Waals surface area contributed by atoms with Crippen molar-refractivity contribution in [2.45, 2.75) is 6.92 Å². The van der Waals surface area contributed by atoms with E-state index in [1.165, 1.54) is 20.2 Å². The lowest BCUT2D eigenvalue weighted by atomic mass is 10.2. The molecule has 0 radical (unpaired) electrons. The number of amides is 1. The SMILES string of the molecule is COc1cc(/C=N/NC(=O)c2ccccc2)ccc1OC(C)=O. The summed E-state index contributed by atoms with van der Waals surface area (Å²) in [5.41, 5.74) is 3.64. The van der Waals surface area contributed by atoms with Gasteiger partial charge in [0.1, 0.15) is 0 Å². The van der Waals surface area contributed by atoms with Crippen LogP contribution in [0.3, 0.4) is 0 Å². The van der Waals surface area contributed by atoms with Crippen LogP contribution in [0.5, 0.6) is 11.5 Å². The molecule has 0 aliphatic heterocycles. The number of nitrogens with zero attached hydrogens (tertiary/aromatic N) is 1. The highest BCUT2D eigenvalue weighted by Crippen LogP contribution is 2.27. The van der Waals surface area contributed by atoms with Crippen LogP contribution in [-0.4, -0.2) is 25.2 Å². The Kier molecular flexibility index (Phi) is 5.46. The lowest BCUT2D eigenvalue weighted by molar-refractivity contribution is -0.132. The Hall–Kier alpha value is -3.15. The van der Waals surface area contributed by atoms with Crippen LogP contribution >= 0.6 is 0 Å². The molecule has 0 saturated heterocycles. The summed E-state index contributed by atoms with van der Waals surface area (Å²) in [4.78, 5) is 22.8. The molecule has 0 spiro atoms. The molecule has 0 aliphatic rings. The van der Waals surface area contributed by atoms with Crippen LogP contribution in [0.15, 0.2) is 53.6 Å². The van der Waals surface area contributed by atoms with Gasteiger partial charge in [-0.3, -0.25) is 9.59 Å². The number of nitrogens with one attached hydrogen (secondary N) is 1. The maximum atomic E-state index is 11.8. The summed E-state index contributed by atoms with van der Waals surface area (Å²) in [5, 5.41) is 3.90. The van der Waals surface area contributed by atoms with Gasteiger partial charge in [-0.2, -0.15) is 5.10 Å². The molecule has 1 amide bonds. The van der Waals surface area contributed by atoms with Crippen molar-refractivity contribution >= 4 is 18.1 Å². The molecule has 6 heteroatoms. The second kappa shape index (κ2) is 7.74. The van der Waals surface area contributed by atoms with Crippen LogP contribution in [0, 0.1) is 0 Å². The Balaban J connectivity index is 2.05. The summed E-state index contributed by atoms with van der Waals surface area (Å²) < 4.78 is 10.2. The van der Waals surface area contributed by atoms with Gasteiger partial charge in [-0.05, 0) is 35.9 Å². The molecule has 2 rings (SSSR count). The molecule has 2 aromatic carbocycles. The molecule has 23 heavy (non-hydrogen) atoms. The number of ether oxygens (including phenoxy) is 2. The largest absolute Gasteiger partial charge is 0.493 e. The fraction of sp³-hybridized carbons (Fsp3) is 0.118. The molecule has 0 fully saturated rings. The van der Waals surface area contributed by atoms with Gasteiger partial charge in [0.15, 0.2) is 11.5 Å². The Labute approximate surface area is 133 Å². The first-order valence-electron chi connectivity index (χ1n) is 6.85. The zero-order chi connectivity index (χ0) is 16.7. The topological polar surface area (TPSA) is 77.0 Å². The van der Waals surface area contributed by atoms with Crippen molar-refractivity contribution in [1.82, 2.24) is 5.43 Å². The number of hydrogen-bond donors (Lipinski definition) is 1. The molecule has 2 aromatic rings. The first-order valence-corrected chi connectivity index (χ1v) is 6.85. The van der Waals surface area contributed by atoms with Crippen molar-refractivity contribution in [2.75, 3.05) is 7.11 Å². The molecule has 0 heterocycles. The average Bonchev–Trinajstić information content (AvgIpc) is 2.56. The summed E-state index contributed by atoms with van der Waals surface area (Å²) in [6, 6.07) is 13.7. The van der Waals surface area contributed by atoms with Crippen LogP contribution in [0.25, 0.3) is 0 Å². The maximum Gasteiger partial charge on any atom is 0.308 e. The predicted molar refractivity (Wildman–Crippen MR) is 85.8 cm³/mol. The van der Waals surface area contributed by atoms with Gasteiger partial charge in [-0.25, -0.2) is 5.43 Å². The lowest BCUT2D eigenvalue weighted by Crippen LogP contribution is -2.17. The monoisotopic (exact) mass is 312 g/mol. The van der Waals surface area contributed by atoms with Crippen LogP contribution in [0.2, 0.25) is 0 Å². The minimum atomic E-state index is -0.431. The Morgan fingerprint density at radius 1 is 1.09 bits per heavy atom. The highest BCUT2D eigenvalue weighted by atomic mass is 16.6. The average molecular weight is 312 g/mol. The molecule has 0 saturated carbocycles. The number of hydrogen-bond acceptors (Lipinski definition) is 5. The second-order valence-electron chi connectivity index (χ2n) is 4.57. The second-order valence-corrected chi connectivity index (χ2v) is 4.57. The van der Waals surface area contributed by atoms with Gasteiger partial charge in [0.2, 0.25) is 0 Å². The van der Waals surface area contributed by atoms with E-state index in [1.54, 1.807) is 42.5 Å². The van der Waals surface area contributed by atoms with Crippen molar-refractivity contribution in [1.29, 1.82) is 0 Å². The van der Waals surface area contributed by atoms with E-state index in [9.17, 15) is 9.59 Å². The molecule has 0 aromatic heterocycles. The van der Waals surface area contributed by atoms with Gasteiger partial charge in [-0.15, -0.1) is 0 Å². The molecular weight excluding hydrogens is 296 g/mol. The third-order valence-electron chi connectivity index (χ3n) is 2.86. The highest BCUT2D eigenvalue weighted by molar-refractivity contribution is 5.94. The first-order chi connectivity index (χ1) is 11.1. The van der Waals surface area contributed by atoms with E-state index in [-0.39, 0.29) is 5.91 Å². The van der Waals surface area contributed by atoms with E-state index in [4.69, 9.17) is 9.47 Å². The summed E-state index contributed by atoms with van der Waals surface area (Å²) in [7, 11) is 1.47. The Bertz CT molecular complexity index is 727. The van der Waals surface area contributed by atoms with Gasteiger partial charge in [0.05, 0.1) is 13.3 Å². The molecule has 6 nitrogen and oxygen atoms in total. The van der Waals surface area contributed by atoms with Gasteiger partial charge in [0.25, 0.3) is 5.91 Å². The fourth-order valence-electron chi connectivity index (χ4n) is 1.82. The number of carbonyl (C=O) groups excluding carboxylic acids is 2. The smallest absolute Gasteiger partial charge is 0.308 e. The van der Waals surface area contributed by atoms with Gasteiger partial charge >= 0.3 is 5.97 Å². The van der Waals surface area contributed by atoms with Crippen molar-refractivity contribution in [2.24, 2.45) is 5.10 Å². The third-order valence-corrected chi connectivity index (χ3v) is 2.86. The molecule has 0 unspecified atom stereocenters. The minimum absolute atomic E-state index is 0.301. The zero-order valence-electron chi connectivity index (χ0n) is 12.8. The van der Waals surface area contributed by atoms with Gasteiger partial charge < -0.3 is 9.47 Å². The quantitative estimate of drug-likeness (QED) is 0.398. The van der Waals surface area contributed by atoms with Crippen LogP contribution in [0.1, 0.15) is 22.8 Å². The van der Waals surface area contributed by atoms with E-state index in [2.05, 4.69) is 10.5 Å². The van der Waals surface area contributed by atoms with Crippen molar-refractivity contribution in [3.05, 3.63) is 59.7 Å². The molecule has 0 bridgehead atoms. The van der Waals surface area contributed by atoms with Crippen LogP contribution in [-0.2, 0) is 4.79 Å². The summed E-state index contributed by atoms with van der Waals surface area (Å²) in [5.74, 6) is -0.00537. The van der Waals surface area contributed by atoms with E-state index in [1.807, 2.05) is 6.07 Å². The number of hydrazone groups is 1. The highest BCUT2D eigenvalue weighted by Gasteiger charge is 2.07. The van der Waals surface area contributed by atoms with E-state index in [0.717, 1.165) is 0 Å². The minimum Gasteiger partial charge on any atom is -0.493 e. The van der Waals surface area contributed by atoms with Crippen molar-refractivity contribution in [3.63, 3.8) is 0 Å².